The molecule has 5 nitrogen and oxygen atoms in total. The van der Waals surface area contributed by atoms with Crippen molar-refractivity contribution >= 4 is 0 Å². The third-order valence-corrected chi connectivity index (χ3v) is 4.67. The summed E-state index contributed by atoms with van der Waals surface area (Å²) in [6.07, 6.45) is 5.16. The lowest BCUT2D eigenvalue weighted by molar-refractivity contribution is 0.297. The zero-order chi connectivity index (χ0) is 15.8. The van der Waals surface area contributed by atoms with Gasteiger partial charge in [-0.05, 0) is 31.4 Å². The highest BCUT2D eigenvalue weighted by Crippen LogP contribution is 2.36. The van der Waals surface area contributed by atoms with Crippen LogP contribution in [-0.2, 0) is 0 Å². The molecule has 3 aliphatic heterocycles. The van der Waals surface area contributed by atoms with E-state index >= 15 is 0 Å². The lowest BCUT2D eigenvalue weighted by Crippen LogP contribution is -2.38. The second-order valence-corrected chi connectivity index (χ2v) is 6.33. The number of hydrogen-bond acceptors (Lipinski definition) is 4. The highest BCUT2D eigenvalue weighted by molar-refractivity contribution is 5.56. The van der Waals surface area contributed by atoms with Crippen molar-refractivity contribution in [3.05, 3.63) is 65.4 Å². The summed E-state index contributed by atoms with van der Waals surface area (Å²) in [5.74, 6) is 0.757. The fraction of sp³-hybridized carbons (Fsp3) is 0.333. The standard InChI is InChI=1S/C18H19N4O/c1-12-9-14(10-15(21-12)13-5-3-2-4-6-13)18-20-11-16-17(22(18)23)7-8-19-16/h2-8,11-12,14-15,21H,9-10H2,1H3/q-1. The summed E-state index contributed by atoms with van der Waals surface area (Å²) in [7, 11) is 0. The number of piperidine rings is 1. The van der Waals surface area contributed by atoms with Gasteiger partial charge in [0.05, 0.1) is 11.9 Å². The molecular formula is C18H19N4O-. The molecule has 0 saturated carbocycles. The van der Waals surface area contributed by atoms with Gasteiger partial charge in [0.1, 0.15) is 11.5 Å². The van der Waals surface area contributed by atoms with Crippen LogP contribution in [0.5, 0.6) is 0 Å². The van der Waals surface area contributed by atoms with Gasteiger partial charge in [-0.25, -0.2) is 4.98 Å². The topological polar surface area (TPSA) is 65.8 Å². The Bertz CT molecular complexity index is 770. The third kappa shape index (κ3) is 2.57. The summed E-state index contributed by atoms with van der Waals surface area (Å²) in [6, 6.07) is 12.8. The molecule has 5 heteroatoms. The molecule has 0 bridgehead atoms. The number of rotatable bonds is 2. The van der Waals surface area contributed by atoms with E-state index in [-0.39, 0.29) is 12.0 Å². The summed E-state index contributed by atoms with van der Waals surface area (Å²) in [4.78, 5) is 8.57. The van der Waals surface area contributed by atoms with Gasteiger partial charge in [-0.1, -0.05) is 30.3 Å². The van der Waals surface area contributed by atoms with Gasteiger partial charge in [-0.15, -0.1) is 0 Å². The molecular weight excluding hydrogens is 288 g/mol. The van der Waals surface area contributed by atoms with E-state index in [1.165, 1.54) is 5.56 Å². The normalized spacial score (nSPS) is 24.8. The molecule has 1 N–H and O–H groups in total. The minimum Gasteiger partial charge on any atom is -0.804 e. The lowest BCUT2D eigenvalue weighted by atomic mass is 9.85. The maximum absolute atomic E-state index is 12.6. The largest absolute Gasteiger partial charge is 0.804 e. The molecule has 0 radical (unpaired) electrons. The minimum atomic E-state index is 0.147. The maximum atomic E-state index is 12.6. The average Bonchev–Trinajstić information content (AvgIpc) is 3.05. The molecule has 3 unspecified atom stereocenters. The first-order valence-electron chi connectivity index (χ1n) is 8.03. The zero-order valence-electron chi connectivity index (χ0n) is 13.0. The Morgan fingerprint density at radius 3 is 2.78 bits per heavy atom. The first kappa shape index (κ1) is 14.2. The molecule has 3 aliphatic rings. The smallest absolute Gasteiger partial charge is 0.107 e. The van der Waals surface area contributed by atoms with Gasteiger partial charge < -0.3 is 15.3 Å². The monoisotopic (exact) mass is 307 g/mol. The molecule has 0 aliphatic carbocycles. The van der Waals surface area contributed by atoms with Crippen molar-refractivity contribution in [2.24, 2.45) is 0 Å². The predicted molar refractivity (Wildman–Crippen MR) is 89.2 cm³/mol. The van der Waals surface area contributed by atoms with Gasteiger partial charge >= 0.3 is 0 Å². The van der Waals surface area contributed by atoms with Crippen molar-refractivity contribution in [2.75, 3.05) is 0 Å². The molecule has 0 spiro atoms. The van der Waals surface area contributed by atoms with Gasteiger partial charge in [0, 0.05) is 24.2 Å². The number of fused-ring (bicyclic) bond motifs is 1. The van der Waals surface area contributed by atoms with Crippen LogP contribution in [0, 0.1) is 5.21 Å². The van der Waals surface area contributed by atoms with Crippen molar-refractivity contribution in [3.63, 3.8) is 0 Å². The van der Waals surface area contributed by atoms with Gasteiger partial charge in [-0.2, -0.15) is 0 Å². The first-order valence-corrected chi connectivity index (χ1v) is 8.03. The van der Waals surface area contributed by atoms with E-state index in [0.717, 1.165) is 17.6 Å². The molecule has 1 saturated heterocycles. The van der Waals surface area contributed by atoms with Crippen LogP contribution < -0.4 is 5.32 Å². The second-order valence-electron chi connectivity index (χ2n) is 6.33. The van der Waals surface area contributed by atoms with Crippen molar-refractivity contribution in [1.82, 2.24) is 20.0 Å². The van der Waals surface area contributed by atoms with E-state index < -0.39 is 0 Å². The average molecular weight is 307 g/mol. The molecule has 118 valence electrons. The van der Waals surface area contributed by atoms with E-state index in [0.29, 0.717) is 23.3 Å². The maximum Gasteiger partial charge on any atom is 0.107 e. The molecule has 23 heavy (non-hydrogen) atoms. The number of nitrogens with zero attached hydrogens (tertiary/aromatic N) is 3. The van der Waals surface area contributed by atoms with Crippen molar-refractivity contribution in [1.29, 1.82) is 0 Å². The van der Waals surface area contributed by atoms with E-state index in [1.807, 2.05) is 6.07 Å². The van der Waals surface area contributed by atoms with E-state index in [9.17, 15) is 5.21 Å². The summed E-state index contributed by atoms with van der Waals surface area (Å²) in [5.41, 5.74) is 2.53. The molecule has 3 heterocycles. The van der Waals surface area contributed by atoms with E-state index in [1.54, 1.807) is 18.5 Å². The Morgan fingerprint density at radius 2 is 1.96 bits per heavy atom. The molecule has 1 aromatic rings. The Kier molecular flexibility index (Phi) is 3.50. The van der Waals surface area contributed by atoms with Crippen LogP contribution in [0.25, 0.3) is 11.4 Å². The van der Waals surface area contributed by atoms with E-state index in [2.05, 4.69) is 46.5 Å². The fourth-order valence-corrected chi connectivity index (χ4v) is 3.60. The minimum absolute atomic E-state index is 0.147. The second kappa shape index (κ2) is 5.66. The highest BCUT2D eigenvalue weighted by atomic mass is 16.5. The Hall–Kier alpha value is -2.40. The van der Waals surface area contributed by atoms with Crippen LogP contribution in [-0.4, -0.2) is 20.7 Å². The summed E-state index contributed by atoms with van der Waals surface area (Å²) >= 11 is 0. The summed E-state index contributed by atoms with van der Waals surface area (Å²) in [5, 5.41) is 16.3. The SMILES string of the molecule is CC1CC(c2ncc3nccc-3n2[O-])CC(c2ccccc2)N1. The van der Waals surface area contributed by atoms with Crippen LogP contribution in [0.15, 0.2) is 48.8 Å². The zero-order valence-corrected chi connectivity index (χ0v) is 13.0. The van der Waals surface area contributed by atoms with Gasteiger partial charge in [0.25, 0.3) is 0 Å². The molecule has 1 fully saturated rings. The number of aromatic nitrogens is 3. The number of nitrogens with one attached hydrogen (secondary N) is 1. The quantitative estimate of drug-likeness (QED) is 0.788. The predicted octanol–water partition coefficient (Wildman–Crippen LogP) is 3.33. The van der Waals surface area contributed by atoms with Crippen LogP contribution >= 0.6 is 0 Å². The van der Waals surface area contributed by atoms with Crippen molar-refractivity contribution in [3.8, 4) is 11.4 Å². The highest BCUT2D eigenvalue weighted by Gasteiger charge is 2.30. The first-order chi connectivity index (χ1) is 11.2. The van der Waals surface area contributed by atoms with Crippen LogP contribution in [0.4, 0.5) is 0 Å². The Morgan fingerprint density at radius 1 is 1.13 bits per heavy atom. The molecule has 4 rings (SSSR count). The third-order valence-electron chi connectivity index (χ3n) is 4.67. The number of hydrogen-bond donors (Lipinski definition) is 1. The Labute approximate surface area is 135 Å². The summed E-state index contributed by atoms with van der Waals surface area (Å²) in [6.45, 7) is 2.17. The summed E-state index contributed by atoms with van der Waals surface area (Å²) < 4.78 is 0.965. The van der Waals surface area contributed by atoms with Crippen LogP contribution in [0.2, 0.25) is 0 Å². The molecule has 3 atom stereocenters. The molecule has 0 aromatic heterocycles. The van der Waals surface area contributed by atoms with Crippen LogP contribution in [0.1, 0.15) is 43.1 Å². The van der Waals surface area contributed by atoms with Crippen molar-refractivity contribution in [2.45, 2.75) is 37.8 Å². The van der Waals surface area contributed by atoms with Crippen molar-refractivity contribution < 1.29 is 0 Å². The van der Waals surface area contributed by atoms with Gasteiger partial charge in [-0.3, -0.25) is 4.98 Å². The van der Waals surface area contributed by atoms with Crippen LogP contribution in [0.3, 0.4) is 0 Å². The fourth-order valence-electron chi connectivity index (χ4n) is 3.60. The number of benzene rings is 1. The van der Waals surface area contributed by atoms with Gasteiger partial charge in [0.2, 0.25) is 0 Å². The lowest BCUT2D eigenvalue weighted by Gasteiger charge is -2.37. The Balaban J connectivity index is 1.68. The molecule has 0 amide bonds. The molecule has 1 aromatic carbocycles. The van der Waals surface area contributed by atoms with E-state index in [4.69, 9.17) is 0 Å². The van der Waals surface area contributed by atoms with Gasteiger partial charge in [0.15, 0.2) is 0 Å².